The van der Waals surface area contributed by atoms with E-state index >= 15 is 0 Å². The fourth-order valence-corrected chi connectivity index (χ4v) is 2.69. The highest BCUT2D eigenvalue weighted by Crippen LogP contribution is 2.22. The number of rotatable bonds is 3. The fraction of sp³-hybridized carbons (Fsp3) is 0.353. The Kier molecular flexibility index (Phi) is 4.04. The van der Waals surface area contributed by atoms with E-state index in [4.69, 9.17) is 4.42 Å². The normalized spacial score (nSPS) is 15.0. The molecule has 1 aromatic heterocycles. The first-order valence-electron chi connectivity index (χ1n) is 7.50. The average molecular weight is 299 g/mol. The number of carbonyl (C=O) groups excluding carboxylic acids is 1. The van der Waals surface area contributed by atoms with Gasteiger partial charge < -0.3 is 19.1 Å². The van der Waals surface area contributed by atoms with Crippen molar-refractivity contribution in [2.45, 2.75) is 0 Å². The van der Waals surface area contributed by atoms with Crippen molar-refractivity contribution in [3.05, 3.63) is 48.4 Å². The zero-order chi connectivity index (χ0) is 15.5. The van der Waals surface area contributed by atoms with Gasteiger partial charge in [-0.3, -0.25) is 4.79 Å². The van der Waals surface area contributed by atoms with E-state index in [-0.39, 0.29) is 5.91 Å². The van der Waals surface area contributed by atoms with Crippen LogP contribution < -0.4 is 9.80 Å². The molecule has 0 aliphatic carbocycles. The lowest BCUT2D eigenvalue weighted by molar-refractivity contribution is 0.0714. The van der Waals surface area contributed by atoms with Gasteiger partial charge in [0.15, 0.2) is 5.76 Å². The Balaban J connectivity index is 1.64. The molecular weight excluding hydrogens is 278 g/mol. The van der Waals surface area contributed by atoms with Crippen molar-refractivity contribution in [3.8, 4) is 0 Å². The maximum Gasteiger partial charge on any atom is 0.289 e. The van der Waals surface area contributed by atoms with Gasteiger partial charge in [-0.1, -0.05) is 6.07 Å². The summed E-state index contributed by atoms with van der Waals surface area (Å²) in [6.07, 6.45) is 1.54. The predicted molar refractivity (Wildman–Crippen MR) is 87.6 cm³/mol. The molecule has 22 heavy (non-hydrogen) atoms. The van der Waals surface area contributed by atoms with Crippen molar-refractivity contribution in [2.24, 2.45) is 0 Å². The molecule has 1 amide bonds. The number of nitrogens with zero attached hydrogens (tertiary/aromatic N) is 3. The molecule has 1 aliphatic heterocycles. The largest absolute Gasteiger partial charge is 0.459 e. The van der Waals surface area contributed by atoms with Crippen LogP contribution in [0.5, 0.6) is 0 Å². The lowest BCUT2D eigenvalue weighted by atomic mass is 10.2. The second-order valence-electron chi connectivity index (χ2n) is 5.67. The molecule has 2 heterocycles. The summed E-state index contributed by atoms with van der Waals surface area (Å²) in [6.45, 7) is 3.10. The van der Waals surface area contributed by atoms with Gasteiger partial charge in [-0.15, -0.1) is 0 Å². The third-order valence-electron chi connectivity index (χ3n) is 4.01. The van der Waals surface area contributed by atoms with E-state index < -0.39 is 0 Å². The summed E-state index contributed by atoms with van der Waals surface area (Å²) in [5.74, 6) is 0.398. The summed E-state index contributed by atoms with van der Waals surface area (Å²) in [5.41, 5.74) is 2.39. The Morgan fingerprint density at radius 3 is 2.50 bits per heavy atom. The number of amides is 1. The van der Waals surface area contributed by atoms with Gasteiger partial charge in [-0.2, -0.15) is 0 Å². The van der Waals surface area contributed by atoms with Gasteiger partial charge in [0, 0.05) is 51.6 Å². The molecule has 0 bridgehead atoms. The van der Waals surface area contributed by atoms with Gasteiger partial charge in [-0.05, 0) is 30.3 Å². The van der Waals surface area contributed by atoms with Crippen LogP contribution in [0.15, 0.2) is 47.1 Å². The lowest BCUT2D eigenvalue weighted by Gasteiger charge is -2.36. The van der Waals surface area contributed by atoms with Gasteiger partial charge in [0.25, 0.3) is 5.91 Å². The maximum absolute atomic E-state index is 12.3. The van der Waals surface area contributed by atoms with E-state index in [0.29, 0.717) is 18.8 Å². The molecular formula is C17H21N3O2. The predicted octanol–water partition coefficient (Wildman–Crippen LogP) is 2.31. The molecule has 5 nitrogen and oxygen atoms in total. The highest BCUT2D eigenvalue weighted by Gasteiger charge is 2.23. The number of hydrogen-bond acceptors (Lipinski definition) is 4. The van der Waals surface area contributed by atoms with E-state index in [0.717, 1.165) is 13.1 Å². The molecule has 0 unspecified atom stereocenters. The van der Waals surface area contributed by atoms with E-state index in [1.807, 2.05) is 19.0 Å². The summed E-state index contributed by atoms with van der Waals surface area (Å²) >= 11 is 0. The van der Waals surface area contributed by atoms with E-state index in [1.54, 1.807) is 12.1 Å². The molecule has 0 atom stereocenters. The summed E-state index contributed by atoms with van der Waals surface area (Å²) in [5, 5.41) is 0. The van der Waals surface area contributed by atoms with Gasteiger partial charge >= 0.3 is 0 Å². The second-order valence-corrected chi connectivity index (χ2v) is 5.67. The molecule has 0 radical (unpaired) electrons. The molecule has 116 valence electrons. The van der Waals surface area contributed by atoms with Crippen molar-refractivity contribution in [1.29, 1.82) is 0 Å². The van der Waals surface area contributed by atoms with Gasteiger partial charge in [-0.25, -0.2) is 0 Å². The van der Waals surface area contributed by atoms with Gasteiger partial charge in [0.05, 0.1) is 6.26 Å². The fourth-order valence-electron chi connectivity index (χ4n) is 2.69. The first-order valence-corrected chi connectivity index (χ1v) is 7.50. The minimum absolute atomic E-state index is 0.0216. The van der Waals surface area contributed by atoms with Gasteiger partial charge in [0.2, 0.25) is 0 Å². The summed E-state index contributed by atoms with van der Waals surface area (Å²) < 4.78 is 5.19. The lowest BCUT2D eigenvalue weighted by Crippen LogP contribution is -2.48. The molecule has 1 saturated heterocycles. The van der Waals surface area contributed by atoms with Crippen LogP contribution >= 0.6 is 0 Å². The van der Waals surface area contributed by atoms with Crippen molar-refractivity contribution >= 4 is 17.3 Å². The second kappa shape index (κ2) is 6.13. The zero-order valence-electron chi connectivity index (χ0n) is 13.0. The third-order valence-corrected chi connectivity index (χ3v) is 4.01. The van der Waals surface area contributed by atoms with Gasteiger partial charge in [0.1, 0.15) is 0 Å². The third kappa shape index (κ3) is 2.93. The Morgan fingerprint density at radius 1 is 1.09 bits per heavy atom. The first-order chi connectivity index (χ1) is 10.6. The quantitative estimate of drug-likeness (QED) is 0.872. The number of furan rings is 1. The Bertz CT molecular complexity index is 629. The van der Waals surface area contributed by atoms with Crippen LogP contribution in [-0.2, 0) is 0 Å². The number of piperazine rings is 1. The van der Waals surface area contributed by atoms with Crippen molar-refractivity contribution in [1.82, 2.24) is 4.90 Å². The molecule has 1 fully saturated rings. The van der Waals surface area contributed by atoms with E-state index in [9.17, 15) is 4.79 Å². The monoisotopic (exact) mass is 299 g/mol. The number of carbonyl (C=O) groups is 1. The van der Waals surface area contributed by atoms with Crippen molar-refractivity contribution < 1.29 is 9.21 Å². The molecule has 2 aromatic rings. The van der Waals surface area contributed by atoms with Crippen LogP contribution in [0.25, 0.3) is 0 Å². The van der Waals surface area contributed by atoms with E-state index in [1.165, 1.54) is 17.6 Å². The topological polar surface area (TPSA) is 39.9 Å². The van der Waals surface area contributed by atoms with Crippen molar-refractivity contribution in [2.75, 3.05) is 50.1 Å². The van der Waals surface area contributed by atoms with Crippen LogP contribution in [0.2, 0.25) is 0 Å². The highest BCUT2D eigenvalue weighted by atomic mass is 16.3. The standard InChI is InChI=1S/C17H21N3O2/c1-18(2)14-5-3-6-15(13-14)19-8-10-20(11-9-19)17(21)16-7-4-12-22-16/h3-7,12-13H,8-11H2,1-2H3. The Morgan fingerprint density at radius 2 is 1.86 bits per heavy atom. The average Bonchev–Trinajstić information content (AvgIpc) is 3.09. The number of benzene rings is 1. The summed E-state index contributed by atoms with van der Waals surface area (Å²) in [4.78, 5) is 18.5. The highest BCUT2D eigenvalue weighted by molar-refractivity contribution is 5.91. The van der Waals surface area contributed by atoms with E-state index in [2.05, 4.69) is 34.1 Å². The number of hydrogen-bond donors (Lipinski definition) is 0. The van der Waals surface area contributed by atoms with Crippen LogP contribution in [0.3, 0.4) is 0 Å². The maximum atomic E-state index is 12.3. The smallest absolute Gasteiger partial charge is 0.289 e. The van der Waals surface area contributed by atoms with Crippen molar-refractivity contribution in [3.63, 3.8) is 0 Å². The number of anilines is 2. The SMILES string of the molecule is CN(C)c1cccc(N2CCN(C(=O)c3ccco3)CC2)c1. The Hall–Kier alpha value is -2.43. The molecule has 1 aliphatic rings. The van der Waals surface area contributed by atoms with Crippen LogP contribution in [-0.4, -0.2) is 51.1 Å². The minimum atomic E-state index is -0.0216. The van der Waals surface area contributed by atoms with Crippen LogP contribution in [0.1, 0.15) is 10.6 Å². The first kappa shape index (κ1) is 14.5. The molecule has 1 aromatic carbocycles. The van der Waals surface area contributed by atoms with Crippen LogP contribution in [0, 0.1) is 0 Å². The molecule has 0 N–H and O–H groups in total. The zero-order valence-corrected chi connectivity index (χ0v) is 13.0. The molecule has 3 rings (SSSR count). The molecule has 0 saturated carbocycles. The molecule has 5 heteroatoms. The minimum Gasteiger partial charge on any atom is -0.459 e. The van der Waals surface area contributed by atoms with Crippen LogP contribution in [0.4, 0.5) is 11.4 Å². The summed E-state index contributed by atoms with van der Waals surface area (Å²) in [6, 6.07) is 11.9. The summed E-state index contributed by atoms with van der Waals surface area (Å²) in [7, 11) is 4.08. The Labute approximate surface area is 130 Å². The molecule has 0 spiro atoms.